The molecule has 183 valence electrons. The zero-order chi connectivity index (χ0) is 25.1. The van der Waals surface area contributed by atoms with E-state index in [1.165, 1.54) is 0 Å². The van der Waals surface area contributed by atoms with Gasteiger partial charge in [0.2, 0.25) is 0 Å². The molecular formula is C24H22Br2CoN6S2. The van der Waals surface area contributed by atoms with Crippen LogP contribution in [0.1, 0.15) is 0 Å². The zero-order valence-corrected chi connectivity index (χ0v) is 24.0. The van der Waals surface area contributed by atoms with Gasteiger partial charge in [0.05, 0.1) is 0 Å². The summed E-state index contributed by atoms with van der Waals surface area (Å²) < 4.78 is 0. The summed E-state index contributed by atoms with van der Waals surface area (Å²) in [5.41, 5.74) is 1.91. The number of hydrogen-bond acceptors (Lipinski definition) is 4. The Bertz CT molecular complexity index is 950. The molecule has 4 N–H and O–H groups in total. The van der Waals surface area contributed by atoms with Gasteiger partial charge in [0, 0.05) is 23.8 Å². The molecule has 0 radical (unpaired) electrons. The Kier molecular flexibility index (Phi) is 14.8. The molecule has 2 aromatic carbocycles. The van der Waals surface area contributed by atoms with Crippen LogP contribution in [0.15, 0.2) is 109 Å². The molecule has 2 aromatic heterocycles. The maximum atomic E-state index is 5.16. The first-order valence-electron chi connectivity index (χ1n) is 10.0. The Morgan fingerprint density at radius 1 is 0.543 bits per heavy atom. The van der Waals surface area contributed by atoms with Crippen molar-refractivity contribution in [2.75, 3.05) is 21.3 Å². The Morgan fingerprint density at radius 2 is 0.886 bits per heavy atom. The molecule has 0 spiro atoms. The molecular weight excluding hydrogens is 655 g/mol. The Hall–Kier alpha value is -2.41. The number of nitrogens with zero attached hydrogens (tertiary/aromatic N) is 2. The third-order valence-electron chi connectivity index (χ3n) is 3.88. The molecule has 0 atom stereocenters. The number of nitrogens with one attached hydrogen (secondary N) is 4. The number of thiocarbonyl (C=S) groups is 2. The van der Waals surface area contributed by atoms with E-state index in [0.29, 0.717) is 10.2 Å². The van der Waals surface area contributed by atoms with Crippen LogP contribution in [0, 0.1) is 0 Å². The van der Waals surface area contributed by atoms with Crippen molar-refractivity contribution in [1.29, 1.82) is 0 Å². The first-order valence-corrected chi connectivity index (χ1v) is 16.0. The Balaban J connectivity index is 0.000000222. The third kappa shape index (κ3) is 13.3. The van der Waals surface area contributed by atoms with Crippen LogP contribution >= 0.6 is 52.8 Å². The van der Waals surface area contributed by atoms with Gasteiger partial charge in [-0.15, -0.1) is 0 Å². The Labute approximate surface area is 236 Å². The van der Waals surface area contributed by atoms with Crippen LogP contribution in [0.2, 0.25) is 0 Å². The molecule has 0 fully saturated rings. The van der Waals surface area contributed by atoms with Crippen molar-refractivity contribution in [3.05, 3.63) is 109 Å². The SMILES string of the molecule is S=C(Nc1ccccc1)Nc1ccccn1.S=C(Nc1ccccc1)Nc1ccccn1.[Br][Co][Br]. The van der Waals surface area contributed by atoms with Gasteiger partial charge < -0.3 is 21.3 Å². The summed E-state index contributed by atoms with van der Waals surface area (Å²) in [4.78, 5) is 8.24. The number of halogens is 2. The third-order valence-corrected chi connectivity index (χ3v) is 4.28. The van der Waals surface area contributed by atoms with Crippen molar-refractivity contribution in [2.24, 2.45) is 0 Å². The molecule has 0 aliphatic heterocycles. The van der Waals surface area contributed by atoms with Gasteiger partial charge in [-0.25, -0.2) is 9.97 Å². The van der Waals surface area contributed by atoms with Gasteiger partial charge in [-0.3, -0.25) is 0 Å². The van der Waals surface area contributed by atoms with E-state index in [1.807, 2.05) is 97.1 Å². The van der Waals surface area contributed by atoms with Crippen molar-refractivity contribution >= 4 is 86.0 Å². The maximum absolute atomic E-state index is 5.16. The van der Waals surface area contributed by atoms with E-state index in [2.05, 4.69) is 59.6 Å². The van der Waals surface area contributed by atoms with Crippen molar-refractivity contribution < 1.29 is 11.1 Å². The van der Waals surface area contributed by atoms with Gasteiger partial charge >= 0.3 is 39.5 Å². The summed E-state index contributed by atoms with van der Waals surface area (Å²) in [7, 11) is 0. The molecule has 4 rings (SSSR count). The standard InChI is InChI=1S/2C12H11N3S.2BrH.Co/c2*16-12(14-10-6-2-1-3-7-10)15-11-8-4-5-9-13-11;;;/h2*1-9H,(H2,13,14,15,16);2*1H;/q;;;;+2/p-2. The first kappa shape index (κ1) is 28.8. The molecule has 11 heteroatoms. The molecule has 2 heterocycles. The second-order valence-electron chi connectivity index (χ2n) is 6.37. The predicted molar refractivity (Wildman–Crippen MR) is 159 cm³/mol. The summed E-state index contributed by atoms with van der Waals surface area (Å²) in [6, 6.07) is 30.8. The summed E-state index contributed by atoms with van der Waals surface area (Å²) in [6.07, 6.45) is 3.43. The van der Waals surface area contributed by atoms with Gasteiger partial charge in [0.15, 0.2) is 10.2 Å². The summed E-state index contributed by atoms with van der Waals surface area (Å²) in [5.74, 6) is 1.46. The zero-order valence-electron chi connectivity index (χ0n) is 18.2. The van der Waals surface area contributed by atoms with Crippen LogP contribution in [0.3, 0.4) is 0 Å². The fourth-order valence-electron chi connectivity index (χ4n) is 2.47. The van der Waals surface area contributed by atoms with Gasteiger partial charge in [-0.1, -0.05) is 48.5 Å². The molecule has 35 heavy (non-hydrogen) atoms. The number of pyridine rings is 2. The number of para-hydroxylation sites is 2. The van der Waals surface area contributed by atoms with E-state index in [-0.39, 0.29) is 0 Å². The van der Waals surface area contributed by atoms with Crippen LogP contribution in [0.4, 0.5) is 23.0 Å². The molecule has 0 aliphatic rings. The first-order chi connectivity index (χ1) is 17.1. The fraction of sp³-hybridized carbons (Fsp3) is 0. The number of benzene rings is 2. The van der Waals surface area contributed by atoms with E-state index in [0.717, 1.165) is 34.1 Å². The van der Waals surface area contributed by atoms with E-state index in [1.54, 1.807) is 12.4 Å². The summed E-state index contributed by atoms with van der Waals surface area (Å²) in [5, 5.41) is 13.2. The van der Waals surface area contributed by atoms with Crippen molar-refractivity contribution in [2.45, 2.75) is 0 Å². The quantitative estimate of drug-likeness (QED) is 0.166. The second kappa shape index (κ2) is 17.9. The number of rotatable bonds is 4. The average Bonchev–Trinajstić information content (AvgIpc) is 2.87. The normalized spacial score (nSPS) is 9.31. The topological polar surface area (TPSA) is 73.9 Å². The average molecular weight is 677 g/mol. The molecule has 0 amide bonds. The fourth-order valence-corrected chi connectivity index (χ4v) is 2.92. The van der Waals surface area contributed by atoms with Crippen LogP contribution < -0.4 is 21.3 Å². The molecule has 0 saturated carbocycles. The summed E-state index contributed by atoms with van der Waals surface area (Å²) in [6.45, 7) is 0. The molecule has 0 aliphatic carbocycles. The van der Waals surface area contributed by atoms with Crippen molar-refractivity contribution in [3.8, 4) is 0 Å². The molecule has 4 aromatic rings. The number of hydrogen-bond donors (Lipinski definition) is 4. The van der Waals surface area contributed by atoms with Crippen LogP contribution in [0.25, 0.3) is 0 Å². The number of aromatic nitrogens is 2. The van der Waals surface area contributed by atoms with Gasteiger partial charge in [0.1, 0.15) is 11.6 Å². The van der Waals surface area contributed by atoms with E-state index in [9.17, 15) is 0 Å². The van der Waals surface area contributed by atoms with Crippen LogP contribution in [-0.2, 0) is 11.1 Å². The molecule has 0 saturated heterocycles. The van der Waals surface area contributed by atoms with Crippen molar-refractivity contribution in [1.82, 2.24) is 9.97 Å². The van der Waals surface area contributed by atoms with Crippen molar-refractivity contribution in [3.63, 3.8) is 0 Å². The predicted octanol–water partition coefficient (Wildman–Crippen LogP) is 7.47. The van der Waals surface area contributed by atoms with Gasteiger partial charge in [-0.05, 0) is 73.0 Å². The molecule has 0 bridgehead atoms. The molecule has 0 unspecified atom stereocenters. The van der Waals surface area contributed by atoms with E-state index >= 15 is 0 Å². The molecule has 6 nitrogen and oxygen atoms in total. The minimum absolute atomic E-state index is 0.532. The van der Waals surface area contributed by atoms with Gasteiger partial charge in [0.25, 0.3) is 0 Å². The van der Waals surface area contributed by atoms with E-state index in [4.69, 9.17) is 24.4 Å². The van der Waals surface area contributed by atoms with Crippen LogP contribution in [-0.4, -0.2) is 20.2 Å². The number of anilines is 4. The second-order valence-corrected chi connectivity index (χ2v) is 12.4. The summed E-state index contributed by atoms with van der Waals surface area (Å²) >= 11 is 17.4. The monoisotopic (exact) mass is 675 g/mol. The Morgan fingerprint density at radius 3 is 1.20 bits per heavy atom. The van der Waals surface area contributed by atoms with E-state index < -0.39 is 0 Å². The van der Waals surface area contributed by atoms with Crippen LogP contribution in [0.5, 0.6) is 0 Å². The minimum atomic E-state index is 0.532. The van der Waals surface area contributed by atoms with Gasteiger partial charge in [-0.2, -0.15) is 0 Å².